The molecule has 0 atom stereocenters. The molecule has 4 heteroatoms. The molecule has 0 saturated carbocycles. The van der Waals surface area contributed by atoms with E-state index in [1.54, 1.807) is 4.90 Å². The number of hydrogen-bond donors (Lipinski definition) is 0. The number of rotatable bonds is 4. The minimum Gasteiger partial charge on any atom is -0.335 e. The SMILES string of the molecule is C=C(C)CN(CC)C(=O)c1cc(Br)ccc1Br. The average Bonchev–Trinajstić information content (AvgIpc) is 2.28. The molecule has 0 aromatic heterocycles. The summed E-state index contributed by atoms with van der Waals surface area (Å²) in [6.07, 6.45) is 0. The van der Waals surface area contributed by atoms with Crippen LogP contribution in [0.2, 0.25) is 0 Å². The van der Waals surface area contributed by atoms with Gasteiger partial charge in [0.15, 0.2) is 0 Å². The maximum atomic E-state index is 12.3. The third-order valence-electron chi connectivity index (χ3n) is 2.29. The Labute approximate surface area is 119 Å². The fraction of sp³-hybridized carbons (Fsp3) is 0.308. The fourth-order valence-corrected chi connectivity index (χ4v) is 2.26. The van der Waals surface area contributed by atoms with Crippen molar-refractivity contribution in [2.75, 3.05) is 13.1 Å². The third kappa shape index (κ3) is 3.96. The van der Waals surface area contributed by atoms with E-state index >= 15 is 0 Å². The topological polar surface area (TPSA) is 20.3 Å². The van der Waals surface area contributed by atoms with Crippen LogP contribution < -0.4 is 0 Å². The Kier molecular flexibility index (Phi) is 5.40. The molecule has 0 bridgehead atoms. The molecule has 0 fully saturated rings. The number of halogens is 2. The predicted octanol–water partition coefficient (Wildman–Crippen LogP) is 4.25. The van der Waals surface area contributed by atoms with Crippen LogP contribution in [0.4, 0.5) is 0 Å². The summed E-state index contributed by atoms with van der Waals surface area (Å²) < 4.78 is 1.71. The van der Waals surface area contributed by atoms with Gasteiger partial charge in [-0.25, -0.2) is 0 Å². The smallest absolute Gasteiger partial charge is 0.255 e. The zero-order valence-electron chi connectivity index (χ0n) is 9.96. The van der Waals surface area contributed by atoms with Crippen molar-refractivity contribution < 1.29 is 4.79 Å². The average molecular weight is 361 g/mol. The zero-order chi connectivity index (χ0) is 13.0. The van der Waals surface area contributed by atoms with Crippen LogP contribution in [0.3, 0.4) is 0 Å². The van der Waals surface area contributed by atoms with Gasteiger partial charge in [0, 0.05) is 22.0 Å². The highest BCUT2D eigenvalue weighted by atomic mass is 79.9. The van der Waals surface area contributed by atoms with Crippen LogP contribution in [0.25, 0.3) is 0 Å². The molecule has 1 aromatic carbocycles. The van der Waals surface area contributed by atoms with E-state index in [-0.39, 0.29) is 5.91 Å². The zero-order valence-corrected chi connectivity index (χ0v) is 13.1. The molecule has 92 valence electrons. The molecule has 1 rings (SSSR count). The standard InChI is InChI=1S/C13H15Br2NO/c1-4-16(8-9(2)3)13(17)11-7-10(14)5-6-12(11)15/h5-7H,2,4,8H2,1,3H3. The Morgan fingerprint density at radius 3 is 2.59 bits per heavy atom. The Hall–Kier alpha value is -0.610. The highest BCUT2D eigenvalue weighted by Crippen LogP contribution is 2.23. The van der Waals surface area contributed by atoms with E-state index < -0.39 is 0 Å². The molecule has 0 heterocycles. The Bertz CT molecular complexity index is 443. The molecule has 2 nitrogen and oxygen atoms in total. The molecular weight excluding hydrogens is 346 g/mol. The van der Waals surface area contributed by atoms with E-state index in [1.807, 2.05) is 32.0 Å². The molecular formula is C13H15Br2NO. The summed E-state index contributed by atoms with van der Waals surface area (Å²) in [5, 5.41) is 0. The van der Waals surface area contributed by atoms with Gasteiger partial charge in [0.2, 0.25) is 0 Å². The van der Waals surface area contributed by atoms with Crippen LogP contribution in [0.1, 0.15) is 24.2 Å². The van der Waals surface area contributed by atoms with Crippen molar-refractivity contribution in [3.63, 3.8) is 0 Å². The summed E-state index contributed by atoms with van der Waals surface area (Å²) in [7, 11) is 0. The molecule has 0 N–H and O–H groups in total. The predicted molar refractivity (Wildman–Crippen MR) is 78.2 cm³/mol. The van der Waals surface area contributed by atoms with E-state index in [0.717, 1.165) is 14.5 Å². The number of amides is 1. The fourth-order valence-electron chi connectivity index (χ4n) is 1.48. The molecule has 0 saturated heterocycles. The molecule has 17 heavy (non-hydrogen) atoms. The normalized spacial score (nSPS) is 10.1. The summed E-state index contributed by atoms with van der Waals surface area (Å²) in [6.45, 7) is 8.99. The van der Waals surface area contributed by atoms with Crippen molar-refractivity contribution in [1.82, 2.24) is 4.90 Å². The second kappa shape index (κ2) is 6.36. The molecule has 1 aromatic rings. The van der Waals surface area contributed by atoms with Crippen LogP contribution in [-0.2, 0) is 0 Å². The molecule has 0 aliphatic rings. The molecule has 0 spiro atoms. The van der Waals surface area contributed by atoms with Crippen molar-refractivity contribution >= 4 is 37.8 Å². The van der Waals surface area contributed by atoms with Gasteiger partial charge < -0.3 is 4.90 Å². The summed E-state index contributed by atoms with van der Waals surface area (Å²) in [5.74, 6) is 0.0173. The maximum absolute atomic E-state index is 12.3. The first kappa shape index (κ1) is 14.5. The van der Waals surface area contributed by atoms with Crippen LogP contribution in [0.5, 0.6) is 0 Å². The van der Waals surface area contributed by atoms with Crippen molar-refractivity contribution in [2.24, 2.45) is 0 Å². The van der Waals surface area contributed by atoms with E-state index in [2.05, 4.69) is 38.4 Å². The molecule has 0 unspecified atom stereocenters. The quantitative estimate of drug-likeness (QED) is 0.735. The van der Waals surface area contributed by atoms with E-state index in [9.17, 15) is 4.79 Å². The number of likely N-dealkylation sites (N-methyl/N-ethyl adjacent to an activating group) is 1. The van der Waals surface area contributed by atoms with Crippen LogP contribution >= 0.6 is 31.9 Å². The number of carbonyl (C=O) groups is 1. The minimum absolute atomic E-state index is 0.0173. The lowest BCUT2D eigenvalue weighted by atomic mass is 10.2. The van der Waals surface area contributed by atoms with Crippen molar-refractivity contribution in [3.8, 4) is 0 Å². The van der Waals surface area contributed by atoms with Crippen LogP contribution in [0.15, 0.2) is 39.3 Å². The molecule has 1 amide bonds. The Balaban J connectivity index is 3.01. The number of carbonyl (C=O) groups excluding carboxylic acids is 1. The summed E-state index contributed by atoms with van der Waals surface area (Å²) in [4.78, 5) is 14.1. The summed E-state index contributed by atoms with van der Waals surface area (Å²) in [6, 6.07) is 5.59. The largest absolute Gasteiger partial charge is 0.335 e. The first-order valence-electron chi connectivity index (χ1n) is 5.34. The van der Waals surface area contributed by atoms with Crippen molar-refractivity contribution in [2.45, 2.75) is 13.8 Å². The summed E-state index contributed by atoms with van der Waals surface area (Å²) >= 11 is 6.78. The van der Waals surface area contributed by atoms with Gasteiger partial charge in [-0.2, -0.15) is 0 Å². The maximum Gasteiger partial charge on any atom is 0.255 e. The van der Waals surface area contributed by atoms with Crippen LogP contribution in [-0.4, -0.2) is 23.9 Å². The minimum atomic E-state index is 0.0173. The lowest BCUT2D eigenvalue weighted by Crippen LogP contribution is -2.32. The summed E-state index contributed by atoms with van der Waals surface area (Å²) in [5.41, 5.74) is 1.65. The first-order chi connectivity index (χ1) is 7.95. The van der Waals surface area contributed by atoms with E-state index in [1.165, 1.54) is 0 Å². The highest BCUT2D eigenvalue weighted by molar-refractivity contribution is 9.11. The van der Waals surface area contributed by atoms with Crippen molar-refractivity contribution in [1.29, 1.82) is 0 Å². The first-order valence-corrected chi connectivity index (χ1v) is 6.93. The van der Waals surface area contributed by atoms with Gasteiger partial charge in [0.05, 0.1) is 5.56 Å². The van der Waals surface area contributed by atoms with Gasteiger partial charge in [0.25, 0.3) is 5.91 Å². The Morgan fingerprint density at radius 2 is 2.06 bits per heavy atom. The van der Waals surface area contributed by atoms with E-state index in [0.29, 0.717) is 18.7 Å². The number of benzene rings is 1. The second-order valence-corrected chi connectivity index (χ2v) is 5.67. The number of nitrogens with zero attached hydrogens (tertiary/aromatic N) is 1. The third-order valence-corrected chi connectivity index (χ3v) is 3.47. The lowest BCUT2D eigenvalue weighted by Gasteiger charge is -2.21. The number of hydrogen-bond acceptors (Lipinski definition) is 1. The molecule has 0 radical (unpaired) electrons. The van der Waals surface area contributed by atoms with Gasteiger partial charge in [-0.3, -0.25) is 4.79 Å². The second-order valence-electron chi connectivity index (χ2n) is 3.90. The van der Waals surface area contributed by atoms with Gasteiger partial charge in [-0.15, -0.1) is 0 Å². The van der Waals surface area contributed by atoms with Crippen molar-refractivity contribution in [3.05, 3.63) is 44.9 Å². The van der Waals surface area contributed by atoms with Gasteiger partial charge in [0.1, 0.15) is 0 Å². The monoisotopic (exact) mass is 359 g/mol. The van der Waals surface area contributed by atoms with E-state index in [4.69, 9.17) is 0 Å². The molecule has 0 aliphatic carbocycles. The van der Waals surface area contributed by atoms with Gasteiger partial charge in [-0.05, 0) is 48.0 Å². The Morgan fingerprint density at radius 1 is 1.41 bits per heavy atom. The van der Waals surface area contributed by atoms with Gasteiger partial charge in [-0.1, -0.05) is 28.1 Å². The van der Waals surface area contributed by atoms with Crippen LogP contribution in [0, 0.1) is 0 Å². The molecule has 0 aliphatic heterocycles. The highest BCUT2D eigenvalue weighted by Gasteiger charge is 2.17. The lowest BCUT2D eigenvalue weighted by molar-refractivity contribution is 0.0777. The van der Waals surface area contributed by atoms with Gasteiger partial charge >= 0.3 is 0 Å².